The highest BCUT2D eigenvalue weighted by Gasteiger charge is 2.25. The van der Waals surface area contributed by atoms with E-state index in [1.807, 2.05) is 30.3 Å². The van der Waals surface area contributed by atoms with Gasteiger partial charge in [-0.1, -0.05) is 30.3 Å². The molecule has 0 bridgehead atoms. The molecular formula is C24H25NO4. The van der Waals surface area contributed by atoms with Gasteiger partial charge in [-0.3, -0.25) is 4.79 Å². The molecule has 0 aliphatic carbocycles. The number of fused-ring (bicyclic) bond motifs is 1. The van der Waals surface area contributed by atoms with Crippen molar-refractivity contribution in [2.45, 2.75) is 25.7 Å². The van der Waals surface area contributed by atoms with E-state index in [0.717, 1.165) is 36.8 Å². The summed E-state index contributed by atoms with van der Waals surface area (Å²) in [6.07, 6.45) is 4.05. The lowest BCUT2D eigenvalue weighted by Crippen LogP contribution is -2.40. The van der Waals surface area contributed by atoms with Crippen molar-refractivity contribution in [1.29, 1.82) is 0 Å². The molecule has 0 radical (unpaired) electrons. The Kier molecular flexibility index (Phi) is 5.65. The van der Waals surface area contributed by atoms with Crippen LogP contribution in [0.15, 0.2) is 63.8 Å². The lowest BCUT2D eigenvalue weighted by molar-refractivity contribution is 0.0683. The van der Waals surface area contributed by atoms with Crippen molar-refractivity contribution in [2.75, 3.05) is 20.2 Å². The number of benzene rings is 2. The molecule has 1 amide bonds. The third-order valence-corrected chi connectivity index (χ3v) is 5.77. The molecule has 1 saturated heterocycles. The predicted octanol–water partition coefficient (Wildman–Crippen LogP) is 4.29. The number of hydrogen-bond acceptors (Lipinski definition) is 4. The minimum absolute atomic E-state index is 0.125. The van der Waals surface area contributed by atoms with Crippen LogP contribution in [0.4, 0.5) is 0 Å². The van der Waals surface area contributed by atoms with Gasteiger partial charge in [0.2, 0.25) is 0 Å². The zero-order chi connectivity index (χ0) is 20.2. The molecule has 5 nitrogen and oxygen atoms in total. The molecule has 1 aromatic heterocycles. The zero-order valence-electron chi connectivity index (χ0n) is 16.6. The van der Waals surface area contributed by atoms with Crippen molar-refractivity contribution in [2.24, 2.45) is 5.92 Å². The first-order chi connectivity index (χ1) is 14.1. The third-order valence-electron chi connectivity index (χ3n) is 5.77. The number of likely N-dealkylation sites (tertiary alicyclic amines) is 1. The fourth-order valence-electron chi connectivity index (χ4n) is 3.97. The van der Waals surface area contributed by atoms with Crippen LogP contribution in [0.25, 0.3) is 11.0 Å². The molecule has 150 valence electrons. The van der Waals surface area contributed by atoms with Gasteiger partial charge >= 0.3 is 5.63 Å². The quantitative estimate of drug-likeness (QED) is 0.609. The van der Waals surface area contributed by atoms with E-state index in [1.54, 1.807) is 24.1 Å². The normalized spacial score (nSPS) is 14.9. The lowest BCUT2D eigenvalue weighted by Gasteiger charge is -2.32. The van der Waals surface area contributed by atoms with Crippen LogP contribution in [0.5, 0.6) is 5.75 Å². The van der Waals surface area contributed by atoms with Gasteiger partial charge in [0.05, 0.1) is 7.11 Å². The number of methoxy groups -OCH3 is 1. The number of carbonyl (C=O) groups excluding carboxylic acids is 1. The summed E-state index contributed by atoms with van der Waals surface area (Å²) in [5.74, 6) is 1.24. The Morgan fingerprint density at radius 1 is 1.10 bits per heavy atom. The van der Waals surface area contributed by atoms with E-state index in [1.165, 1.54) is 5.56 Å². The van der Waals surface area contributed by atoms with Crippen molar-refractivity contribution in [1.82, 2.24) is 4.90 Å². The van der Waals surface area contributed by atoms with Crippen molar-refractivity contribution in [3.63, 3.8) is 0 Å². The number of rotatable bonds is 5. The van der Waals surface area contributed by atoms with E-state index >= 15 is 0 Å². The van der Waals surface area contributed by atoms with Crippen LogP contribution in [0.2, 0.25) is 0 Å². The monoisotopic (exact) mass is 391 g/mol. The highest BCUT2D eigenvalue weighted by molar-refractivity contribution is 5.96. The number of piperidine rings is 1. The first kappa shape index (κ1) is 19.2. The molecule has 1 aliphatic heterocycles. The number of amides is 1. The largest absolute Gasteiger partial charge is 0.497 e. The second-order valence-electron chi connectivity index (χ2n) is 7.61. The Hall–Kier alpha value is -3.08. The minimum atomic E-state index is -0.560. The van der Waals surface area contributed by atoms with Crippen molar-refractivity contribution in [3.8, 4) is 5.75 Å². The summed E-state index contributed by atoms with van der Waals surface area (Å²) in [6.45, 7) is 1.36. The number of aryl methyl sites for hydroxylation is 1. The standard InChI is InChI=1S/C24H25NO4/c1-28-20-10-8-17(9-11-20)6-7-18-12-14-25(15-13-18)23(26)21-16-19-4-2-3-5-22(19)29-24(21)27/h2-5,8-11,16,18H,6-7,12-15H2,1H3. The van der Waals surface area contributed by atoms with E-state index in [0.29, 0.717) is 24.6 Å². The molecule has 1 aliphatic rings. The molecule has 2 aromatic carbocycles. The van der Waals surface area contributed by atoms with Gasteiger partial charge in [0.15, 0.2) is 0 Å². The molecule has 0 unspecified atom stereocenters. The van der Waals surface area contributed by atoms with Gasteiger partial charge in [0, 0.05) is 18.5 Å². The minimum Gasteiger partial charge on any atom is -0.497 e. The van der Waals surface area contributed by atoms with Gasteiger partial charge in [-0.15, -0.1) is 0 Å². The second kappa shape index (κ2) is 8.52. The Bertz CT molecular complexity index is 1050. The summed E-state index contributed by atoms with van der Waals surface area (Å²) in [5.41, 5.74) is 1.38. The summed E-state index contributed by atoms with van der Waals surface area (Å²) in [7, 11) is 1.67. The molecule has 2 heterocycles. The maximum absolute atomic E-state index is 12.9. The Morgan fingerprint density at radius 2 is 1.83 bits per heavy atom. The van der Waals surface area contributed by atoms with Gasteiger partial charge in [-0.2, -0.15) is 0 Å². The molecule has 5 heteroatoms. The SMILES string of the molecule is COc1ccc(CCC2CCN(C(=O)c3cc4ccccc4oc3=O)CC2)cc1. The third kappa shape index (κ3) is 4.34. The van der Waals surface area contributed by atoms with Gasteiger partial charge in [-0.05, 0) is 61.4 Å². The Labute approximate surface area is 169 Å². The highest BCUT2D eigenvalue weighted by atomic mass is 16.5. The van der Waals surface area contributed by atoms with Crippen molar-refractivity contribution >= 4 is 16.9 Å². The van der Waals surface area contributed by atoms with Crippen LogP contribution >= 0.6 is 0 Å². The fourth-order valence-corrected chi connectivity index (χ4v) is 3.97. The summed E-state index contributed by atoms with van der Waals surface area (Å²) < 4.78 is 10.5. The topological polar surface area (TPSA) is 59.8 Å². The maximum Gasteiger partial charge on any atom is 0.349 e. The molecule has 0 saturated carbocycles. The summed E-state index contributed by atoms with van der Waals surface area (Å²) in [4.78, 5) is 26.9. The van der Waals surface area contributed by atoms with Gasteiger partial charge in [-0.25, -0.2) is 4.79 Å². The lowest BCUT2D eigenvalue weighted by atomic mass is 9.90. The van der Waals surface area contributed by atoms with Crippen molar-refractivity contribution in [3.05, 3.63) is 76.1 Å². The van der Waals surface area contributed by atoms with Crippen LogP contribution in [0, 0.1) is 5.92 Å². The molecule has 1 fully saturated rings. The van der Waals surface area contributed by atoms with E-state index in [4.69, 9.17) is 9.15 Å². The number of ether oxygens (including phenoxy) is 1. The van der Waals surface area contributed by atoms with E-state index in [9.17, 15) is 9.59 Å². The first-order valence-electron chi connectivity index (χ1n) is 10.1. The van der Waals surface area contributed by atoms with E-state index in [-0.39, 0.29) is 11.5 Å². The van der Waals surface area contributed by atoms with E-state index in [2.05, 4.69) is 12.1 Å². The summed E-state index contributed by atoms with van der Waals surface area (Å²) >= 11 is 0. The van der Waals surface area contributed by atoms with Gasteiger partial charge in [0.1, 0.15) is 16.9 Å². The number of nitrogens with zero attached hydrogens (tertiary/aromatic N) is 1. The molecule has 0 N–H and O–H groups in total. The van der Waals surface area contributed by atoms with Crippen LogP contribution in [-0.2, 0) is 6.42 Å². The second-order valence-corrected chi connectivity index (χ2v) is 7.61. The molecule has 0 spiro atoms. The zero-order valence-corrected chi connectivity index (χ0v) is 16.6. The smallest absolute Gasteiger partial charge is 0.349 e. The molecule has 3 aromatic rings. The molecule has 29 heavy (non-hydrogen) atoms. The maximum atomic E-state index is 12.9. The summed E-state index contributed by atoms with van der Waals surface area (Å²) in [5, 5.41) is 0.768. The predicted molar refractivity (Wildman–Crippen MR) is 112 cm³/mol. The molecule has 0 atom stereocenters. The van der Waals surface area contributed by atoms with E-state index < -0.39 is 5.63 Å². The number of carbonyl (C=O) groups is 1. The average molecular weight is 391 g/mol. The van der Waals surface area contributed by atoms with Crippen molar-refractivity contribution < 1.29 is 13.9 Å². The Balaban J connectivity index is 1.35. The first-order valence-corrected chi connectivity index (χ1v) is 10.1. The van der Waals surface area contributed by atoms with Crippen LogP contribution < -0.4 is 10.4 Å². The fraction of sp³-hybridized carbons (Fsp3) is 0.333. The molecular weight excluding hydrogens is 366 g/mol. The van der Waals surface area contributed by atoms with Gasteiger partial charge < -0.3 is 14.1 Å². The van der Waals surface area contributed by atoms with Crippen LogP contribution in [0.3, 0.4) is 0 Å². The van der Waals surface area contributed by atoms with Gasteiger partial charge in [0.25, 0.3) is 5.91 Å². The highest BCUT2D eigenvalue weighted by Crippen LogP contribution is 2.24. The summed E-state index contributed by atoms with van der Waals surface area (Å²) in [6, 6.07) is 17.1. The number of hydrogen-bond donors (Lipinski definition) is 0. The van der Waals surface area contributed by atoms with Crippen LogP contribution in [-0.4, -0.2) is 31.0 Å². The average Bonchev–Trinajstić information content (AvgIpc) is 2.77. The number of para-hydroxylation sites is 1. The Morgan fingerprint density at radius 3 is 2.55 bits per heavy atom. The molecule has 4 rings (SSSR count). The van der Waals surface area contributed by atoms with Crippen LogP contribution in [0.1, 0.15) is 35.2 Å².